The lowest BCUT2D eigenvalue weighted by molar-refractivity contribution is 0.570. The Morgan fingerprint density at radius 3 is 1.57 bits per heavy atom. The minimum Gasteiger partial charge on any atom is -0.438 e. The Morgan fingerprint density at radius 1 is 0.607 bits per heavy atom. The van der Waals surface area contributed by atoms with E-state index < -0.39 is 20.0 Å². The van der Waals surface area contributed by atoms with Crippen LogP contribution in [0.25, 0.3) is 11.0 Å². The highest BCUT2D eigenvalue weighted by Gasteiger charge is 2.39. The van der Waals surface area contributed by atoms with Crippen molar-refractivity contribution < 1.29 is 21.3 Å². The van der Waals surface area contributed by atoms with Gasteiger partial charge in [0.25, 0.3) is 20.0 Å². The molecule has 4 rings (SSSR count). The SMILES string of the molecule is O=S(=O)(c1ccccc1)N(c1cc2ccccc2o1)S(=O)(=O)c1ccccc1. The lowest BCUT2D eigenvalue weighted by Gasteiger charge is -2.21. The molecule has 3 aromatic carbocycles. The van der Waals surface area contributed by atoms with Gasteiger partial charge in [0.1, 0.15) is 5.58 Å². The van der Waals surface area contributed by atoms with Crippen molar-refractivity contribution in [2.45, 2.75) is 9.79 Å². The predicted octanol–water partition coefficient (Wildman–Crippen LogP) is 4.02. The molecule has 0 bridgehead atoms. The van der Waals surface area contributed by atoms with Crippen LogP contribution in [0.5, 0.6) is 0 Å². The van der Waals surface area contributed by atoms with Crippen molar-refractivity contribution in [1.82, 2.24) is 0 Å². The van der Waals surface area contributed by atoms with Gasteiger partial charge in [-0.05, 0) is 30.3 Å². The van der Waals surface area contributed by atoms with Crippen LogP contribution < -0.4 is 3.71 Å². The smallest absolute Gasteiger partial charge is 0.280 e. The van der Waals surface area contributed by atoms with Crippen molar-refractivity contribution in [3.8, 4) is 0 Å². The Labute approximate surface area is 162 Å². The molecular weight excluding hydrogens is 398 g/mol. The van der Waals surface area contributed by atoms with E-state index >= 15 is 0 Å². The van der Waals surface area contributed by atoms with Crippen LogP contribution in [0.4, 0.5) is 5.88 Å². The topological polar surface area (TPSA) is 84.7 Å². The molecule has 1 aromatic heterocycles. The van der Waals surface area contributed by atoms with E-state index in [1.165, 1.54) is 54.6 Å². The third-order valence-corrected chi connectivity index (χ3v) is 8.26. The van der Waals surface area contributed by atoms with Gasteiger partial charge in [-0.15, -0.1) is 3.71 Å². The number of nitrogens with zero attached hydrogens (tertiary/aromatic N) is 1. The second kappa shape index (κ2) is 6.81. The lowest BCUT2D eigenvalue weighted by Crippen LogP contribution is -2.36. The fourth-order valence-corrected chi connectivity index (χ4v) is 6.39. The van der Waals surface area contributed by atoms with Crippen LogP contribution in [0.2, 0.25) is 0 Å². The molecule has 0 radical (unpaired) electrons. The first-order valence-electron chi connectivity index (χ1n) is 8.30. The van der Waals surface area contributed by atoms with E-state index in [2.05, 4.69) is 0 Å². The second-order valence-corrected chi connectivity index (χ2v) is 9.76. The molecule has 0 unspecified atom stereocenters. The summed E-state index contributed by atoms with van der Waals surface area (Å²) < 4.78 is 59.2. The number of benzene rings is 3. The van der Waals surface area contributed by atoms with E-state index in [1.54, 1.807) is 36.4 Å². The third kappa shape index (κ3) is 3.06. The van der Waals surface area contributed by atoms with Gasteiger partial charge in [-0.3, -0.25) is 0 Å². The van der Waals surface area contributed by atoms with E-state index in [0.29, 0.717) is 14.7 Å². The van der Waals surface area contributed by atoms with E-state index in [1.807, 2.05) is 0 Å². The third-order valence-electron chi connectivity index (χ3n) is 4.11. The monoisotopic (exact) mass is 413 g/mol. The summed E-state index contributed by atoms with van der Waals surface area (Å²) in [5.41, 5.74) is 0.383. The zero-order valence-electron chi connectivity index (χ0n) is 14.5. The first kappa shape index (κ1) is 18.3. The second-order valence-electron chi connectivity index (χ2n) is 5.96. The highest BCUT2D eigenvalue weighted by molar-refractivity contribution is 8.10. The average molecular weight is 413 g/mol. The highest BCUT2D eigenvalue weighted by atomic mass is 32.3. The molecule has 28 heavy (non-hydrogen) atoms. The fourth-order valence-electron chi connectivity index (χ4n) is 2.80. The van der Waals surface area contributed by atoms with Crippen LogP contribution in [0.1, 0.15) is 0 Å². The molecule has 0 amide bonds. The summed E-state index contributed by atoms with van der Waals surface area (Å²) in [6.45, 7) is 0. The summed E-state index contributed by atoms with van der Waals surface area (Å²) >= 11 is 0. The van der Waals surface area contributed by atoms with Gasteiger partial charge in [0.05, 0.1) is 9.79 Å². The van der Waals surface area contributed by atoms with Crippen LogP contribution in [0.15, 0.2) is 105 Å². The van der Waals surface area contributed by atoms with Crippen LogP contribution in [0.3, 0.4) is 0 Å². The van der Waals surface area contributed by atoms with Gasteiger partial charge in [-0.1, -0.05) is 54.6 Å². The molecule has 0 aliphatic carbocycles. The molecule has 142 valence electrons. The summed E-state index contributed by atoms with van der Waals surface area (Å²) in [5.74, 6) is -0.297. The molecule has 0 saturated carbocycles. The standard InChI is InChI=1S/C20H15NO5S2/c22-27(23,17-10-3-1-4-11-17)21(28(24,25)18-12-5-2-6-13-18)20-15-16-9-7-8-14-19(16)26-20/h1-15H. The van der Waals surface area contributed by atoms with Crippen LogP contribution >= 0.6 is 0 Å². The van der Waals surface area contributed by atoms with Crippen molar-refractivity contribution in [3.63, 3.8) is 0 Å². The van der Waals surface area contributed by atoms with Gasteiger partial charge < -0.3 is 4.42 Å². The maximum atomic E-state index is 13.3. The number of anilines is 1. The Bertz CT molecular complexity index is 1230. The maximum Gasteiger partial charge on any atom is 0.280 e. The lowest BCUT2D eigenvalue weighted by atomic mass is 10.3. The van der Waals surface area contributed by atoms with E-state index in [9.17, 15) is 16.8 Å². The Hall–Kier alpha value is -3.10. The quantitative estimate of drug-likeness (QED) is 0.493. The normalized spacial score (nSPS) is 12.1. The summed E-state index contributed by atoms with van der Waals surface area (Å²) in [7, 11) is -8.91. The largest absolute Gasteiger partial charge is 0.438 e. The fraction of sp³-hybridized carbons (Fsp3) is 0. The summed E-state index contributed by atoms with van der Waals surface area (Å²) in [5, 5.41) is 0.592. The first-order valence-corrected chi connectivity index (χ1v) is 11.2. The number of hydrogen-bond acceptors (Lipinski definition) is 5. The van der Waals surface area contributed by atoms with Crippen molar-refractivity contribution in [1.29, 1.82) is 0 Å². The molecule has 0 aliphatic rings. The van der Waals surface area contributed by atoms with Crippen molar-refractivity contribution in [2.75, 3.05) is 3.71 Å². The number of fused-ring (bicyclic) bond motifs is 1. The van der Waals surface area contributed by atoms with Gasteiger partial charge in [-0.2, -0.15) is 16.8 Å². The molecule has 6 nitrogen and oxygen atoms in total. The summed E-state index contributed by atoms with van der Waals surface area (Å²) in [6, 6.07) is 23.0. The molecule has 8 heteroatoms. The van der Waals surface area contributed by atoms with E-state index in [0.717, 1.165) is 0 Å². The maximum absolute atomic E-state index is 13.3. The molecule has 0 fully saturated rings. The van der Waals surface area contributed by atoms with E-state index in [-0.39, 0.29) is 15.7 Å². The summed E-state index contributed by atoms with van der Waals surface area (Å²) in [4.78, 5) is -0.315. The highest BCUT2D eigenvalue weighted by Crippen LogP contribution is 2.34. The Kier molecular flexibility index (Phi) is 4.44. The molecule has 1 heterocycles. The van der Waals surface area contributed by atoms with Gasteiger partial charge >= 0.3 is 0 Å². The average Bonchev–Trinajstić information content (AvgIpc) is 3.12. The van der Waals surface area contributed by atoms with Gasteiger partial charge in [0, 0.05) is 11.5 Å². The van der Waals surface area contributed by atoms with Crippen molar-refractivity contribution in [3.05, 3.63) is 91.0 Å². The number of sulfonamides is 2. The van der Waals surface area contributed by atoms with Crippen LogP contribution in [0, 0.1) is 0 Å². The Morgan fingerprint density at radius 2 is 1.07 bits per heavy atom. The number of rotatable bonds is 5. The van der Waals surface area contributed by atoms with Crippen molar-refractivity contribution in [2.24, 2.45) is 0 Å². The molecule has 0 spiro atoms. The molecule has 0 N–H and O–H groups in total. The zero-order chi connectivity index (χ0) is 19.8. The van der Waals surface area contributed by atoms with Gasteiger partial charge in [0.2, 0.25) is 5.88 Å². The van der Waals surface area contributed by atoms with Crippen molar-refractivity contribution >= 4 is 36.9 Å². The molecule has 0 atom stereocenters. The number of hydrogen-bond donors (Lipinski definition) is 0. The first-order chi connectivity index (χ1) is 13.4. The molecular formula is C20H15NO5S2. The van der Waals surface area contributed by atoms with Crippen LogP contribution in [-0.4, -0.2) is 16.8 Å². The minimum absolute atomic E-state index is 0.157. The van der Waals surface area contributed by atoms with Crippen LogP contribution in [-0.2, 0) is 20.0 Å². The zero-order valence-corrected chi connectivity index (χ0v) is 16.1. The molecule has 0 aliphatic heterocycles. The Balaban J connectivity index is 1.99. The van der Waals surface area contributed by atoms with E-state index in [4.69, 9.17) is 4.42 Å². The molecule has 0 saturated heterocycles. The van der Waals surface area contributed by atoms with Gasteiger partial charge in [0.15, 0.2) is 0 Å². The number of furan rings is 1. The minimum atomic E-state index is -4.46. The predicted molar refractivity (Wildman–Crippen MR) is 106 cm³/mol. The molecule has 4 aromatic rings. The summed E-state index contributed by atoms with van der Waals surface area (Å²) in [6.07, 6.45) is 0. The van der Waals surface area contributed by atoms with Gasteiger partial charge in [-0.25, -0.2) is 0 Å². The number of para-hydroxylation sites is 1.